The second-order valence-corrected chi connectivity index (χ2v) is 9.57. The molecule has 0 aromatic carbocycles. The molecular formula is C27H45N3O6. The van der Waals surface area contributed by atoms with Crippen LogP contribution in [0, 0.1) is 0 Å². The van der Waals surface area contributed by atoms with E-state index in [9.17, 15) is 19.8 Å². The van der Waals surface area contributed by atoms with E-state index < -0.39 is 42.8 Å². The number of allylic oxidation sites excluding steroid dienone is 2. The summed E-state index contributed by atoms with van der Waals surface area (Å²) in [5.74, 6) is -0.410. The minimum Gasteiger partial charge on any atom is -0.457 e. The number of ether oxygens (including phenoxy) is 2. The van der Waals surface area contributed by atoms with Crippen LogP contribution in [0.25, 0.3) is 0 Å². The Hall–Kier alpha value is -2.23. The van der Waals surface area contributed by atoms with Gasteiger partial charge in [0.25, 0.3) is 0 Å². The quantitative estimate of drug-likeness (QED) is 0.154. The standard InChI is InChI=1S/C27H45N3O6/c1-2-3-4-5-6-7-8-9-10-11-12-13-14-15-16-17-23(32)36-25-21(20-31)35-26(24(25)33)30-19-18-22(28)29-27(30)34/h9-10,18-19,21,24-26,31,33H,2-8,11-17,20H2,1H3,(H2,28,29,34)/b10-9+/t21-,24+,25-,26-/m1/s1. The zero-order valence-electron chi connectivity index (χ0n) is 21.7. The zero-order chi connectivity index (χ0) is 26.2. The molecular weight excluding hydrogens is 462 g/mol. The van der Waals surface area contributed by atoms with Crippen LogP contribution in [-0.2, 0) is 14.3 Å². The Morgan fingerprint density at radius 1 is 1.08 bits per heavy atom. The van der Waals surface area contributed by atoms with Gasteiger partial charge in [0.1, 0.15) is 18.0 Å². The highest BCUT2D eigenvalue weighted by Gasteiger charge is 2.47. The number of aliphatic hydroxyl groups is 2. The van der Waals surface area contributed by atoms with Crippen molar-refractivity contribution in [3.8, 4) is 0 Å². The molecule has 0 amide bonds. The SMILES string of the molecule is CCCCCCCC/C=C/CCCCCCCC(=O)O[C@H]1[C@H](O)[C@H](n2ccc(N)nc2=O)O[C@@H]1CO. The number of carbonyl (C=O) groups excluding carboxylic acids is 1. The summed E-state index contributed by atoms with van der Waals surface area (Å²) in [5.41, 5.74) is 4.80. The largest absolute Gasteiger partial charge is 0.457 e. The second kappa shape index (κ2) is 17.3. The molecule has 4 N–H and O–H groups in total. The van der Waals surface area contributed by atoms with Crippen molar-refractivity contribution in [1.29, 1.82) is 0 Å². The number of unbranched alkanes of at least 4 members (excludes halogenated alkanes) is 11. The van der Waals surface area contributed by atoms with Gasteiger partial charge in [-0.15, -0.1) is 0 Å². The van der Waals surface area contributed by atoms with Crippen LogP contribution < -0.4 is 11.4 Å². The van der Waals surface area contributed by atoms with Gasteiger partial charge in [0.15, 0.2) is 12.3 Å². The number of esters is 1. The third-order valence-corrected chi connectivity index (χ3v) is 6.53. The lowest BCUT2D eigenvalue weighted by atomic mass is 10.1. The van der Waals surface area contributed by atoms with Gasteiger partial charge in [-0.05, 0) is 38.2 Å². The van der Waals surface area contributed by atoms with Crippen LogP contribution in [0.2, 0.25) is 0 Å². The van der Waals surface area contributed by atoms with Crippen molar-refractivity contribution in [3.63, 3.8) is 0 Å². The predicted molar refractivity (Wildman–Crippen MR) is 139 cm³/mol. The maximum Gasteiger partial charge on any atom is 0.351 e. The van der Waals surface area contributed by atoms with E-state index in [4.69, 9.17) is 15.2 Å². The van der Waals surface area contributed by atoms with Crippen molar-refractivity contribution >= 4 is 11.8 Å². The monoisotopic (exact) mass is 507 g/mol. The molecule has 36 heavy (non-hydrogen) atoms. The fourth-order valence-corrected chi connectivity index (χ4v) is 4.41. The first kappa shape index (κ1) is 30.0. The van der Waals surface area contributed by atoms with Crippen molar-refractivity contribution < 1.29 is 24.5 Å². The molecule has 1 aliphatic rings. The molecule has 9 nitrogen and oxygen atoms in total. The average Bonchev–Trinajstić information content (AvgIpc) is 3.16. The number of rotatable bonds is 18. The number of hydrogen-bond acceptors (Lipinski definition) is 8. The highest BCUT2D eigenvalue weighted by atomic mass is 16.6. The van der Waals surface area contributed by atoms with Gasteiger partial charge in [-0.2, -0.15) is 4.98 Å². The normalized spacial score (nSPS) is 21.9. The fourth-order valence-electron chi connectivity index (χ4n) is 4.41. The number of anilines is 1. The van der Waals surface area contributed by atoms with Gasteiger partial charge in [-0.25, -0.2) is 4.79 Å². The summed E-state index contributed by atoms with van der Waals surface area (Å²) in [6, 6.07) is 1.40. The molecule has 0 unspecified atom stereocenters. The minimum absolute atomic E-state index is 0.0467. The first-order chi connectivity index (χ1) is 17.5. The first-order valence-electron chi connectivity index (χ1n) is 13.6. The predicted octanol–water partition coefficient (Wildman–Crippen LogP) is 4.03. The van der Waals surface area contributed by atoms with E-state index in [1.165, 1.54) is 57.2 Å². The van der Waals surface area contributed by atoms with Crippen LogP contribution in [0.1, 0.15) is 103 Å². The summed E-state index contributed by atoms with van der Waals surface area (Å²) in [5, 5.41) is 20.2. The molecule has 1 aromatic rings. The van der Waals surface area contributed by atoms with Crippen LogP contribution in [0.3, 0.4) is 0 Å². The van der Waals surface area contributed by atoms with Crippen LogP contribution in [0.4, 0.5) is 5.82 Å². The smallest absolute Gasteiger partial charge is 0.351 e. The molecule has 0 radical (unpaired) electrons. The van der Waals surface area contributed by atoms with Gasteiger partial charge in [-0.3, -0.25) is 9.36 Å². The van der Waals surface area contributed by atoms with Gasteiger partial charge >= 0.3 is 11.7 Å². The lowest BCUT2D eigenvalue weighted by molar-refractivity contribution is -0.156. The van der Waals surface area contributed by atoms with Crippen molar-refractivity contribution in [1.82, 2.24) is 9.55 Å². The lowest BCUT2D eigenvalue weighted by Crippen LogP contribution is -2.39. The Morgan fingerprint density at radius 3 is 2.31 bits per heavy atom. The number of nitrogens with zero attached hydrogens (tertiary/aromatic N) is 2. The Balaban J connectivity index is 1.57. The molecule has 1 fully saturated rings. The third-order valence-electron chi connectivity index (χ3n) is 6.53. The van der Waals surface area contributed by atoms with E-state index in [0.717, 1.165) is 36.7 Å². The molecule has 2 heterocycles. The van der Waals surface area contributed by atoms with E-state index in [1.807, 2.05) is 0 Å². The number of nitrogens with two attached hydrogens (primary N) is 1. The molecule has 1 saturated heterocycles. The third kappa shape index (κ3) is 10.4. The summed E-state index contributed by atoms with van der Waals surface area (Å²) in [4.78, 5) is 28.0. The molecule has 1 aromatic heterocycles. The number of carbonyl (C=O) groups is 1. The van der Waals surface area contributed by atoms with E-state index in [1.54, 1.807) is 0 Å². The topological polar surface area (TPSA) is 137 Å². The van der Waals surface area contributed by atoms with Crippen LogP contribution in [0.15, 0.2) is 29.2 Å². The van der Waals surface area contributed by atoms with E-state index >= 15 is 0 Å². The number of aliphatic hydroxyl groups excluding tert-OH is 2. The first-order valence-corrected chi connectivity index (χ1v) is 13.6. The van der Waals surface area contributed by atoms with Gasteiger partial charge in [0.05, 0.1) is 6.61 Å². The van der Waals surface area contributed by atoms with E-state index in [0.29, 0.717) is 6.42 Å². The summed E-state index contributed by atoms with van der Waals surface area (Å²) >= 11 is 0. The van der Waals surface area contributed by atoms with Crippen LogP contribution in [-0.4, -0.2) is 50.7 Å². The molecule has 0 spiro atoms. The second-order valence-electron chi connectivity index (χ2n) is 9.57. The van der Waals surface area contributed by atoms with Crippen molar-refractivity contribution in [2.24, 2.45) is 0 Å². The molecule has 9 heteroatoms. The maximum atomic E-state index is 12.3. The highest BCUT2D eigenvalue weighted by molar-refractivity contribution is 5.69. The van der Waals surface area contributed by atoms with Crippen molar-refractivity contribution in [2.45, 2.75) is 121 Å². The van der Waals surface area contributed by atoms with Crippen molar-refractivity contribution in [2.75, 3.05) is 12.3 Å². The zero-order valence-corrected chi connectivity index (χ0v) is 21.7. The summed E-state index contributed by atoms with van der Waals surface area (Å²) in [6.45, 7) is 1.78. The minimum atomic E-state index is -1.32. The lowest BCUT2D eigenvalue weighted by Gasteiger charge is -2.20. The fraction of sp³-hybridized carbons (Fsp3) is 0.741. The number of nitrogen functional groups attached to an aromatic ring is 1. The summed E-state index contributed by atoms with van der Waals surface area (Å²) in [7, 11) is 0. The Morgan fingerprint density at radius 2 is 1.69 bits per heavy atom. The number of aromatic nitrogens is 2. The Labute approximate surface area is 214 Å². The molecule has 0 bridgehead atoms. The maximum absolute atomic E-state index is 12.3. The summed E-state index contributed by atoms with van der Waals surface area (Å²) < 4.78 is 12.1. The van der Waals surface area contributed by atoms with E-state index in [-0.39, 0.29) is 12.2 Å². The molecule has 1 aliphatic heterocycles. The number of hydrogen-bond donors (Lipinski definition) is 3. The molecule has 4 atom stereocenters. The molecule has 0 saturated carbocycles. The molecule has 0 aliphatic carbocycles. The van der Waals surface area contributed by atoms with Crippen LogP contribution >= 0.6 is 0 Å². The molecule has 204 valence electrons. The van der Waals surface area contributed by atoms with E-state index in [2.05, 4.69) is 24.1 Å². The van der Waals surface area contributed by atoms with Gasteiger partial charge in [0, 0.05) is 12.6 Å². The Bertz CT molecular complexity index is 843. The van der Waals surface area contributed by atoms with Crippen molar-refractivity contribution in [3.05, 3.63) is 34.9 Å². The average molecular weight is 508 g/mol. The molecule has 2 rings (SSSR count). The Kier molecular flexibility index (Phi) is 14.4. The van der Waals surface area contributed by atoms with Crippen LogP contribution in [0.5, 0.6) is 0 Å². The van der Waals surface area contributed by atoms with Gasteiger partial charge < -0.3 is 25.4 Å². The van der Waals surface area contributed by atoms with Gasteiger partial charge in [-0.1, -0.05) is 70.4 Å². The summed E-state index contributed by atoms with van der Waals surface area (Å²) in [6.07, 6.45) is 17.0. The highest BCUT2D eigenvalue weighted by Crippen LogP contribution is 2.30. The van der Waals surface area contributed by atoms with Gasteiger partial charge in [0.2, 0.25) is 0 Å².